The largest absolute Gasteiger partial charge is 0.497 e. The lowest BCUT2D eigenvalue weighted by atomic mass is 10.0. The van der Waals surface area contributed by atoms with Crippen molar-refractivity contribution in [3.63, 3.8) is 0 Å². The Kier molecular flexibility index (Phi) is 3.85. The van der Waals surface area contributed by atoms with Crippen molar-refractivity contribution in [1.82, 2.24) is 0 Å². The van der Waals surface area contributed by atoms with Crippen molar-refractivity contribution in [3.05, 3.63) is 48.0 Å². The number of methoxy groups -OCH3 is 2. The number of carbonyl (C=O) groups is 1. The number of esters is 1. The molecule has 2 aromatic carbocycles. The molecule has 0 spiro atoms. The van der Waals surface area contributed by atoms with Crippen LogP contribution < -0.4 is 4.74 Å². The van der Waals surface area contributed by atoms with Gasteiger partial charge in [0.1, 0.15) is 5.75 Å². The average Bonchev–Trinajstić information content (AvgIpc) is 2.45. The van der Waals surface area contributed by atoms with E-state index in [1.807, 2.05) is 43.3 Å². The SMILES string of the molecule is COC(=O)C=C(C)c1ccc2cc(OC)ccc2c1. The Bertz CT molecular complexity index is 641. The van der Waals surface area contributed by atoms with Gasteiger partial charge in [-0.3, -0.25) is 0 Å². The van der Waals surface area contributed by atoms with Crippen molar-refractivity contribution < 1.29 is 14.3 Å². The highest BCUT2D eigenvalue weighted by Gasteiger charge is 2.02. The van der Waals surface area contributed by atoms with Crippen LogP contribution in [0.4, 0.5) is 0 Å². The van der Waals surface area contributed by atoms with Crippen LogP contribution in [-0.2, 0) is 9.53 Å². The quantitative estimate of drug-likeness (QED) is 0.623. The fourth-order valence-electron chi connectivity index (χ4n) is 1.92. The van der Waals surface area contributed by atoms with E-state index >= 15 is 0 Å². The molecule has 0 saturated heterocycles. The van der Waals surface area contributed by atoms with Crippen molar-refractivity contribution in [3.8, 4) is 5.75 Å². The summed E-state index contributed by atoms with van der Waals surface area (Å²) in [4.78, 5) is 11.2. The Balaban J connectivity index is 2.42. The highest BCUT2D eigenvalue weighted by Crippen LogP contribution is 2.24. The predicted molar refractivity (Wildman–Crippen MR) is 76.2 cm³/mol. The molecule has 0 N–H and O–H groups in total. The molecule has 0 radical (unpaired) electrons. The van der Waals surface area contributed by atoms with E-state index in [2.05, 4.69) is 4.74 Å². The summed E-state index contributed by atoms with van der Waals surface area (Å²) in [5, 5.41) is 2.21. The molecule has 0 amide bonds. The van der Waals surface area contributed by atoms with E-state index in [-0.39, 0.29) is 5.97 Å². The average molecular weight is 256 g/mol. The molecule has 3 nitrogen and oxygen atoms in total. The number of fused-ring (bicyclic) bond motifs is 1. The minimum atomic E-state index is -0.340. The first-order valence-corrected chi connectivity index (χ1v) is 5.98. The van der Waals surface area contributed by atoms with Crippen LogP contribution >= 0.6 is 0 Å². The van der Waals surface area contributed by atoms with Crippen molar-refractivity contribution >= 4 is 22.3 Å². The van der Waals surface area contributed by atoms with Crippen LogP contribution in [0.1, 0.15) is 12.5 Å². The zero-order chi connectivity index (χ0) is 13.8. The Hall–Kier alpha value is -2.29. The summed E-state index contributed by atoms with van der Waals surface area (Å²) in [6, 6.07) is 12.0. The molecule has 0 aliphatic rings. The lowest BCUT2D eigenvalue weighted by Crippen LogP contribution is -1.95. The van der Waals surface area contributed by atoms with Gasteiger partial charge in [0, 0.05) is 6.08 Å². The molecule has 0 atom stereocenters. The molecule has 0 aliphatic heterocycles. The third-order valence-electron chi connectivity index (χ3n) is 3.04. The number of carbonyl (C=O) groups excluding carboxylic acids is 1. The summed E-state index contributed by atoms with van der Waals surface area (Å²) in [6.45, 7) is 1.89. The van der Waals surface area contributed by atoms with Gasteiger partial charge in [0.2, 0.25) is 0 Å². The van der Waals surface area contributed by atoms with Gasteiger partial charge in [-0.15, -0.1) is 0 Å². The van der Waals surface area contributed by atoms with Gasteiger partial charge in [-0.2, -0.15) is 0 Å². The maximum atomic E-state index is 11.2. The minimum absolute atomic E-state index is 0.340. The molecular formula is C16H16O3. The lowest BCUT2D eigenvalue weighted by molar-refractivity contribution is -0.134. The van der Waals surface area contributed by atoms with Gasteiger partial charge < -0.3 is 9.47 Å². The number of hydrogen-bond donors (Lipinski definition) is 0. The summed E-state index contributed by atoms with van der Waals surface area (Å²) < 4.78 is 9.82. The molecule has 2 aromatic rings. The zero-order valence-electron chi connectivity index (χ0n) is 11.3. The van der Waals surface area contributed by atoms with E-state index in [1.54, 1.807) is 7.11 Å². The molecule has 3 heteroatoms. The molecule has 0 aromatic heterocycles. The van der Waals surface area contributed by atoms with Crippen LogP contribution in [0.25, 0.3) is 16.3 Å². The molecule has 0 heterocycles. The Morgan fingerprint density at radius 1 is 1.05 bits per heavy atom. The van der Waals surface area contributed by atoms with Gasteiger partial charge in [0.15, 0.2) is 0 Å². The van der Waals surface area contributed by atoms with Crippen molar-refractivity contribution in [1.29, 1.82) is 0 Å². The predicted octanol–water partition coefficient (Wildman–Crippen LogP) is 3.42. The fraction of sp³-hybridized carbons (Fsp3) is 0.188. The highest BCUT2D eigenvalue weighted by molar-refractivity contribution is 5.93. The van der Waals surface area contributed by atoms with E-state index in [9.17, 15) is 4.79 Å². The Morgan fingerprint density at radius 2 is 1.74 bits per heavy atom. The molecule has 0 bridgehead atoms. The van der Waals surface area contributed by atoms with Crippen LogP contribution in [0.15, 0.2) is 42.5 Å². The third-order valence-corrected chi connectivity index (χ3v) is 3.04. The van der Waals surface area contributed by atoms with E-state index in [4.69, 9.17) is 4.74 Å². The second-order valence-corrected chi connectivity index (χ2v) is 4.28. The summed E-state index contributed by atoms with van der Waals surface area (Å²) in [6.07, 6.45) is 1.49. The second-order valence-electron chi connectivity index (χ2n) is 4.28. The van der Waals surface area contributed by atoms with Crippen LogP contribution in [0.5, 0.6) is 5.75 Å². The molecular weight excluding hydrogens is 240 g/mol. The van der Waals surface area contributed by atoms with Crippen molar-refractivity contribution in [2.75, 3.05) is 14.2 Å². The third kappa shape index (κ3) is 2.94. The van der Waals surface area contributed by atoms with E-state index in [0.717, 1.165) is 27.7 Å². The molecule has 98 valence electrons. The van der Waals surface area contributed by atoms with Gasteiger partial charge in [-0.1, -0.05) is 18.2 Å². The monoisotopic (exact) mass is 256 g/mol. The normalized spacial score (nSPS) is 11.4. The van der Waals surface area contributed by atoms with Gasteiger partial charge in [-0.25, -0.2) is 4.79 Å². The number of ether oxygens (including phenoxy) is 2. The van der Waals surface area contributed by atoms with E-state index in [0.29, 0.717) is 0 Å². The van der Waals surface area contributed by atoms with E-state index in [1.165, 1.54) is 13.2 Å². The van der Waals surface area contributed by atoms with Crippen molar-refractivity contribution in [2.24, 2.45) is 0 Å². The van der Waals surface area contributed by atoms with Gasteiger partial charge in [0.05, 0.1) is 14.2 Å². The number of rotatable bonds is 3. The highest BCUT2D eigenvalue weighted by atomic mass is 16.5. The first kappa shape index (κ1) is 13.1. The van der Waals surface area contributed by atoms with Crippen LogP contribution in [0.2, 0.25) is 0 Å². The smallest absolute Gasteiger partial charge is 0.330 e. The van der Waals surface area contributed by atoms with Crippen LogP contribution in [0.3, 0.4) is 0 Å². The zero-order valence-corrected chi connectivity index (χ0v) is 11.3. The summed E-state index contributed by atoms with van der Waals surface area (Å²) >= 11 is 0. The Labute approximate surface area is 112 Å². The topological polar surface area (TPSA) is 35.5 Å². The molecule has 0 saturated carbocycles. The maximum absolute atomic E-state index is 11.2. The summed E-state index contributed by atoms with van der Waals surface area (Å²) in [5.74, 6) is 0.495. The van der Waals surface area contributed by atoms with Gasteiger partial charge in [0.25, 0.3) is 0 Å². The standard InChI is InChI=1S/C16H16O3/c1-11(8-16(17)19-3)12-4-5-14-10-15(18-2)7-6-13(14)9-12/h4-10H,1-3H3. The van der Waals surface area contributed by atoms with Crippen LogP contribution in [0, 0.1) is 0 Å². The number of benzene rings is 2. The number of hydrogen-bond acceptors (Lipinski definition) is 3. The van der Waals surface area contributed by atoms with Gasteiger partial charge >= 0.3 is 5.97 Å². The molecule has 2 rings (SSSR count). The van der Waals surface area contributed by atoms with Gasteiger partial charge in [-0.05, 0) is 47.0 Å². The lowest BCUT2D eigenvalue weighted by Gasteiger charge is -2.06. The second kappa shape index (κ2) is 5.57. The fourth-order valence-corrected chi connectivity index (χ4v) is 1.92. The molecule has 19 heavy (non-hydrogen) atoms. The molecule has 0 fully saturated rings. The minimum Gasteiger partial charge on any atom is -0.497 e. The first-order chi connectivity index (χ1) is 9.13. The first-order valence-electron chi connectivity index (χ1n) is 5.98. The molecule has 0 aliphatic carbocycles. The van der Waals surface area contributed by atoms with Crippen LogP contribution in [-0.4, -0.2) is 20.2 Å². The van der Waals surface area contributed by atoms with E-state index < -0.39 is 0 Å². The van der Waals surface area contributed by atoms with Crippen molar-refractivity contribution in [2.45, 2.75) is 6.92 Å². The Morgan fingerprint density at radius 3 is 2.42 bits per heavy atom. The maximum Gasteiger partial charge on any atom is 0.330 e. The molecule has 0 unspecified atom stereocenters. The number of allylic oxidation sites excluding steroid dienone is 1. The summed E-state index contributed by atoms with van der Waals surface area (Å²) in [7, 11) is 3.03. The summed E-state index contributed by atoms with van der Waals surface area (Å²) in [5.41, 5.74) is 1.88.